The number of hydrogen-bond acceptors (Lipinski definition) is 3. The van der Waals surface area contributed by atoms with Crippen LogP contribution in [0.2, 0.25) is 0 Å². The van der Waals surface area contributed by atoms with E-state index in [0.29, 0.717) is 24.5 Å². The number of carbonyl (C=O) groups excluding carboxylic acids is 1. The molecular weight excluding hydrogens is 234 g/mol. The monoisotopic (exact) mass is 259 g/mol. The van der Waals surface area contributed by atoms with Crippen LogP contribution in [0.15, 0.2) is 0 Å². The Labute approximate surface area is 110 Å². The van der Waals surface area contributed by atoms with Crippen molar-refractivity contribution in [1.82, 2.24) is 9.80 Å². The van der Waals surface area contributed by atoms with Gasteiger partial charge in [0.05, 0.1) is 11.5 Å². The fourth-order valence-corrected chi connectivity index (χ4v) is 1.71. The van der Waals surface area contributed by atoms with E-state index >= 15 is 0 Å². The minimum Gasteiger partial charge on any atom is -0.393 e. The SMILES string of the molecule is CCCN(CCC)CC(=O)N(C)CCC(N)=S. The molecule has 0 radical (unpaired) electrons. The van der Waals surface area contributed by atoms with E-state index in [9.17, 15) is 4.79 Å². The van der Waals surface area contributed by atoms with Gasteiger partial charge >= 0.3 is 0 Å². The van der Waals surface area contributed by atoms with Gasteiger partial charge < -0.3 is 10.6 Å². The first kappa shape index (κ1) is 16.3. The van der Waals surface area contributed by atoms with Crippen molar-refractivity contribution in [2.24, 2.45) is 5.73 Å². The van der Waals surface area contributed by atoms with Gasteiger partial charge in [-0.15, -0.1) is 0 Å². The molecule has 0 aromatic carbocycles. The van der Waals surface area contributed by atoms with Crippen LogP contribution < -0.4 is 5.73 Å². The molecule has 0 aromatic heterocycles. The molecule has 0 atom stereocenters. The third-order valence-corrected chi connectivity index (χ3v) is 2.76. The van der Waals surface area contributed by atoms with E-state index in [4.69, 9.17) is 18.0 Å². The van der Waals surface area contributed by atoms with Crippen LogP contribution in [0.4, 0.5) is 0 Å². The maximum atomic E-state index is 11.9. The largest absolute Gasteiger partial charge is 0.393 e. The van der Waals surface area contributed by atoms with Crippen molar-refractivity contribution < 1.29 is 4.79 Å². The molecular formula is C12H25N3OS. The van der Waals surface area contributed by atoms with E-state index in [1.165, 1.54) is 0 Å². The summed E-state index contributed by atoms with van der Waals surface area (Å²) in [6.45, 7) is 7.31. The Bertz CT molecular complexity index is 240. The fourth-order valence-electron chi connectivity index (χ4n) is 1.62. The Hall–Kier alpha value is -0.680. The lowest BCUT2D eigenvalue weighted by molar-refractivity contribution is -0.131. The molecule has 0 aliphatic carbocycles. The molecule has 0 saturated heterocycles. The Morgan fingerprint density at radius 2 is 1.71 bits per heavy atom. The predicted octanol–water partition coefficient (Wildman–Crippen LogP) is 1.24. The molecule has 0 aliphatic rings. The fraction of sp³-hybridized carbons (Fsp3) is 0.833. The highest BCUT2D eigenvalue weighted by Gasteiger charge is 2.13. The molecule has 0 bridgehead atoms. The summed E-state index contributed by atoms with van der Waals surface area (Å²) < 4.78 is 0. The van der Waals surface area contributed by atoms with Crippen LogP contribution in [0.25, 0.3) is 0 Å². The molecule has 17 heavy (non-hydrogen) atoms. The molecule has 0 unspecified atom stereocenters. The van der Waals surface area contributed by atoms with E-state index in [2.05, 4.69) is 18.7 Å². The summed E-state index contributed by atoms with van der Waals surface area (Å²) in [6, 6.07) is 0. The van der Waals surface area contributed by atoms with Crippen LogP contribution in [0, 0.1) is 0 Å². The van der Waals surface area contributed by atoms with Crippen molar-refractivity contribution in [3.8, 4) is 0 Å². The second-order valence-corrected chi connectivity index (χ2v) is 4.83. The number of likely N-dealkylation sites (N-methyl/N-ethyl adjacent to an activating group) is 1. The molecule has 4 nitrogen and oxygen atoms in total. The molecule has 0 saturated carbocycles. The van der Waals surface area contributed by atoms with Gasteiger partial charge in [0.1, 0.15) is 0 Å². The first-order valence-electron chi connectivity index (χ1n) is 6.25. The number of nitrogens with two attached hydrogens (primary N) is 1. The number of nitrogens with zero attached hydrogens (tertiary/aromatic N) is 2. The quantitative estimate of drug-likeness (QED) is 0.633. The molecule has 1 amide bonds. The van der Waals surface area contributed by atoms with Crippen molar-refractivity contribution >= 4 is 23.1 Å². The zero-order valence-electron chi connectivity index (χ0n) is 11.2. The van der Waals surface area contributed by atoms with Crippen molar-refractivity contribution in [2.45, 2.75) is 33.1 Å². The second-order valence-electron chi connectivity index (χ2n) is 4.31. The van der Waals surface area contributed by atoms with Gasteiger partial charge in [0.25, 0.3) is 0 Å². The van der Waals surface area contributed by atoms with Crippen molar-refractivity contribution in [3.63, 3.8) is 0 Å². The van der Waals surface area contributed by atoms with E-state index in [1.54, 1.807) is 11.9 Å². The Kier molecular flexibility index (Phi) is 8.99. The number of rotatable bonds is 9. The summed E-state index contributed by atoms with van der Waals surface area (Å²) >= 11 is 4.80. The molecule has 5 heteroatoms. The maximum Gasteiger partial charge on any atom is 0.236 e. The summed E-state index contributed by atoms with van der Waals surface area (Å²) in [6.07, 6.45) is 2.74. The van der Waals surface area contributed by atoms with Gasteiger partial charge in [-0.2, -0.15) is 0 Å². The first-order valence-corrected chi connectivity index (χ1v) is 6.66. The first-order chi connectivity index (χ1) is 8.01. The van der Waals surface area contributed by atoms with Crippen LogP contribution in [0.5, 0.6) is 0 Å². The number of thiocarbonyl (C=S) groups is 1. The molecule has 0 aromatic rings. The highest BCUT2D eigenvalue weighted by atomic mass is 32.1. The lowest BCUT2D eigenvalue weighted by Crippen LogP contribution is -2.40. The lowest BCUT2D eigenvalue weighted by Gasteiger charge is -2.24. The second kappa shape index (κ2) is 9.36. The van der Waals surface area contributed by atoms with Crippen LogP contribution in [-0.4, -0.2) is 53.9 Å². The zero-order valence-corrected chi connectivity index (χ0v) is 12.1. The van der Waals surface area contributed by atoms with Crippen molar-refractivity contribution in [2.75, 3.05) is 33.2 Å². The standard InChI is InChI=1S/C12H25N3OS/c1-4-7-15(8-5-2)10-12(16)14(3)9-6-11(13)17/h4-10H2,1-3H3,(H2,13,17). The molecule has 0 heterocycles. The van der Waals surface area contributed by atoms with Crippen molar-refractivity contribution in [1.29, 1.82) is 0 Å². The van der Waals surface area contributed by atoms with Gasteiger partial charge in [-0.3, -0.25) is 9.69 Å². The predicted molar refractivity (Wildman–Crippen MR) is 76.1 cm³/mol. The van der Waals surface area contributed by atoms with Gasteiger partial charge in [-0.25, -0.2) is 0 Å². The van der Waals surface area contributed by atoms with Gasteiger partial charge in [0.2, 0.25) is 5.91 Å². The summed E-state index contributed by atoms with van der Waals surface area (Å²) in [7, 11) is 1.80. The van der Waals surface area contributed by atoms with E-state index < -0.39 is 0 Å². The van der Waals surface area contributed by atoms with Crippen molar-refractivity contribution in [3.05, 3.63) is 0 Å². The van der Waals surface area contributed by atoms with Gasteiger partial charge in [0, 0.05) is 20.0 Å². The van der Waals surface area contributed by atoms with Gasteiger partial charge in [-0.05, 0) is 25.9 Å². The van der Waals surface area contributed by atoms with E-state index in [-0.39, 0.29) is 5.91 Å². The molecule has 100 valence electrons. The van der Waals surface area contributed by atoms with Crippen LogP contribution in [0.3, 0.4) is 0 Å². The molecule has 0 fully saturated rings. The number of carbonyl (C=O) groups is 1. The molecule has 2 N–H and O–H groups in total. The number of hydrogen-bond donors (Lipinski definition) is 1. The highest BCUT2D eigenvalue weighted by Crippen LogP contribution is 1.97. The normalized spacial score (nSPS) is 10.6. The molecule has 0 spiro atoms. The zero-order chi connectivity index (χ0) is 13.3. The van der Waals surface area contributed by atoms with Crippen LogP contribution >= 0.6 is 12.2 Å². The summed E-state index contributed by atoms with van der Waals surface area (Å²) in [5.74, 6) is 0.142. The Balaban J connectivity index is 4.05. The third-order valence-electron chi connectivity index (χ3n) is 2.56. The maximum absolute atomic E-state index is 11.9. The van der Waals surface area contributed by atoms with E-state index in [1.807, 2.05) is 0 Å². The summed E-state index contributed by atoms with van der Waals surface area (Å²) in [5.41, 5.74) is 5.42. The average molecular weight is 259 g/mol. The molecule has 0 aliphatic heterocycles. The third kappa shape index (κ3) is 8.10. The highest BCUT2D eigenvalue weighted by molar-refractivity contribution is 7.80. The van der Waals surface area contributed by atoms with E-state index in [0.717, 1.165) is 25.9 Å². The molecule has 0 rings (SSSR count). The topological polar surface area (TPSA) is 49.6 Å². The Morgan fingerprint density at radius 3 is 2.12 bits per heavy atom. The minimum atomic E-state index is 0.142. The smallest absolute Gasteiger partial charge is 0.236 e. The number of amides is 1. The lowest BCUT2D eigenvalue weighted by atomic mass is 10.3. The van der Waals surface area contributed by atoms with Gasteiger partial charge in [0.15, 0.2) is 0 Å². The van der Waals surface area contributed by atoms with Crippen LogP contribution in [-0.2, 0) is 4.79 Å². The van der Waals surface area contributed by atoms with Crippen LogP contribution in [0.1, 0.15) is 33.1 Å². The summed E-state index contributed by atoms with van der Waals surface area (Å²) in [4.78, 5) is 16.3. The summed E-state index contributed by atoms with van der Waals surface area (Å²) in [5, 5.41) is 0. The van der Waals surface area contributed by atoms with Gasteiger partial charge in [-0.1, -0.05) is 26.1 Å². The average Bonchev–Trinajstić information content (AvgIpc) is 2.26. The minimum absolute atomic E-state index is 0.142. The Morgan fingerprint density at radius 1 is 1.18 bits per heavy atom.